The van der Waals surface area contributed by atoms with Crippen molar-refractivity contribution in [2.45, 2.75) is 0 Å². The zero-order valence-electron chi connectivity index (χ0n) is 13.9. The molecule has 0 aliphatic heterocycles. The van der Waals surface area contributed by atoms with Crippen molar-refractivity contribution in [1.82, 2.24) is 0 Å². The highest BCUT2D eigenvalue weighted by atomic mass is 16.5. The summed E-state index contributed by atoms with van der Waals surface area (Å²) in [5.74, 6) is 0.844. The third-order valence-corrected chi connectivity index (χ3v) is 4.37. The van der Waals surface area contributed by atoms with Gasteiger partial charge in [-0.1, -0.05) is 91.5 Å². The molecule has 0 aromatic heterocycles. The Hall–Kier alpha value is -3.32. The van der Waals surface area contributed by atoms with Gasteiger partial charge in [0.2, 0.25) is 0 Å². The summed E-state index contributed by atoms with van der Waals surface area (Å²) in [5.41, 5.74) is 4.59. The van der Waals surface area contributed by atoms with Crippen molar-refractivity contribution in [3.05, 3.63) is 104 Å². The highest BCUT2D eigenvalue weighted by Crippen LogP contribution is 2.42. The summed E-state index contributed by atoms with van der Waals surface area (Å²) in [6.45, 7) is 3.76. The summed E-state index contributed by atoms with van der Waals surface area (Å²) in [5, 5.41) is 2.26. The van der Waals surface area contributed by atoms with Gasteiger partial charge in [0.05, 0.1) is 6.26 Å². The highest BCUT2D eigenvalue weighted by Gasteiger charge is 2.15. The van der Waals surface area contributed by atoms with E-state index in [1.807, 2.05) is 30.3 Å². The average Bonchev–Trinajstić information content (AvgIpc) is 2.70. The average molecular weight is 322 g/mol. The Morgan fingerprint density at radius 3 is 1.72 bits per heavy atom. The van der Waals surface area contributed by atoms with Crippen molar-refractivity contribution >= 4 is 10.8 Å². The molecule has 1 heteroatoms. The van der Waals surface area contributed by atoms with Crippen LogP contribution in [0, 0.1) is 0 Å². The summed E-state index contributed by atoms with van der Waals surface area (Å²) in [4.78, 5) is 0. The van der Waals surface area contributed by atoms with Crippen LogP contribution in [0.5, 0.6) is 5.75 Å². The molecule has 0 unspecified atom stereocenters. The van der Waals surface area contributed by atoms with Crippen LogP contribution in [0.4, 0.5) is 0 Å². The molecule has 0 saturated heterocycles. The first-order valence-electron chi connectivity index (χ1n) is 8.32. The molecule has 0 atom stereocenters. The number of ether oxygens (including phenoxy) is 1. The summed E-state index contributed by atoms with van der Waals surface area (Å²) in [6.07, 6.45) is 1.50. The Morgan fingerprint density at radius 1 is 0.600 bits per heavy atom. The fourth-order valence-electron chi connectivity index (χ4n) is 3.25. The molecular weight excluding hydrogens is 304 g/mol. The fraction of sp³-hybridized carbons (Fsp3) is 0. The van der Waals surface area contributed by atoms with Gasteiger partial charge in [0, 0.05) is 10.9 Å². The molecule has 0 fully saturated rings. The monoisotopic (exact) mass is 322 g/mol. The molecule has 0 spiro atoms. The predicted molar refractivity (Wildman–Crippen MR) is 106 cm³/mol. The predicted octanol–water partition coefficient (Wildman–Crippen LogP) is 6.70. The minimum absolute atomic E-state index is 0.844. The van der Waals surface area contributed by atoms with Gasteiger partial charge < -0.3 is 4.74 Å². The van der Waals surface area contributed by atoms with E-state index in [9.17, 15) is 0 Å². The Morgan fingerprint density at radius 2 is 1.12 bits per heavy atom. The number of benzene rings is 4. The van der Waals surface area contributed by atoms with E-state index in [0.29, 0.717) is 0 Å². The number of fused-ring (bicyclic) bond motifs is 1. The summed E-state index contributed by atoms with van der Waals surface area (Å²) < 4.78 is 5.86. The smallest absolute Gasteiger partial charge is 0.142 e. The van der Waals surface area contributed by atoms with E-state index in [1.54, 1.807) is 0 Å². The van der Waals surface area contributed by atoms with Gasteiger partial charge in [-0.3, -0.25) is 0 Å². The van der Waals surface area contributed by atoms with Crippen molar-refractivity contribution < 1.29 is 4.74 Å². The Kier molecular flexibility index (Phi) is 4.05. The van der Waals surface area contributed by atoms with Crippen molar-refractivity contribution in [1.29, 1.82) is 0 Å². The first-order chi connectivity index (χ1) is 12.4. The van der Waals surface area contributed by atoms with Gasteiger partial charge >= 0.3 is 0 Å². The van der Waals surface area contributed by atoms with Gasteiger partial charge in [0.15, 0.2) is 0 Å². The van der Waals surface area contributed by atoms with Crippen LogP contribution in [-0.2, 0) is 0 Å². The maximum atomic E-state index is 5.86. The Balaban J connectivity index is 2.10. The van der Waals surface area contributed by atoms with E-state index in [-0.39, 0.29) is 0 Å². The van der Waals surface area contributed by atoms with Crippen molar-refractivity contribution in [2.75, 3.05) is 0 Å². The molecule has 0 aliphatic rings. The molecule has 0 aliphatic carbocycles. The minimum atomic E-state index is 0.844. The molecule has 120 valence electrons. The van der Waals surface area contributed by atoms with Crippen molar-refractivity contribution in [3.8, 4) is 28.0 Å². The van der Waals surface area contributed by atoms with Crippen LogP contribution >= 0.6 is 0 Å². The van der Waals surface area contributed by atoms with E-state index in [2.05, 4.69) is 67.2 Å². The molecular formula is C24H18O. The second kappa shape index (κ2) is 6.66. The van der Waals surface area contributed by atoms with Crippen LogP contribution in [0.1, 0.15) is 0 Å². The lowest BCUT2D eigenvalue weighted by Gasteiger charge is -2.16. The van der Waals surface area contributed by atoms with Crippen LogP contribution < -0.4 is 4.74 Å². The van der Waals surface area contributed by atoms with Gasteiger partial charge in [-0.2, -0.15) is 0 Å². The lowest BCUT2D eigenvalue weighted by molar-refractivity contribution is 0.491. The molecule has 4 aromatic rings. The Labute approximate surface area is 147 Å². The van der Waals surface area contributed by atoms with Crippen LogP contribution in [0.3, 0.4) is 0 Å². The molecule has 0 saturated carbocycles. The first kappa shape index (κ1) is 15.2. The van der Waals surface area contributed by atoms with E-state index in [0.717, 1.165) is 22.3 Å². The van der Waals surface area contributed by atoms with Crippen LogP contribution in [0.25, 0.3) is 33.0 Å². The summed E-state index contributed by atoms with van der Waals surface area (Å²) in [7, 11) is 0. The lowest BCUT2D eigenvalue weighted by Crippen LogP contribution is -1.92. The van der Waals surface area contributed by atoms with E-state index >= 15 is 0 Å². The van der Waals surface area contributed by atoms with Crippen LogP contribution in [-0.4, -0.2) is 0 Å². The second-order valence-corrected chi connectivity index (χ2v) is 5.86. The largest absolute Gasteiger partial charge is 0.464 e. The number of hydrogen-bond acceptors (Lipinski definition) is 1. The molecule has 0 bridgehead atoms. The standard InChI is InChI=1S/C24H18O/c1-2-25-24-21-16-10-9-15-20(21)22(18-11-5-3-6-12-18)17-23(24)19-13-7-4-8-14-19/h2-17H,1H2. The molecule has 25 heavy (non-hydrogen) atoms. The molecule has 0 radical (unpaired) electrons. The molecule has 4 rings (SSSR count). The zero-order valence-corrected chi connectivity index (χ0v) is 13.9. The zero-order chi connectivity index (χ0) is 17.1. The quantitative estimate of drug-likeness (QED) is 0.380. The fourth-order valence-corrected chi connectivity index (χ4v) is 3.25. The summed E-state index contributed by atoms with van der Waals surface area (Å²) in [6, 6.07) is 31.4. The highest BCUT2D eigenvalue weighted by molar-refractivity contribution is 6.04. The van der Waals surface area contributed by atoms with Crippen molar-refractivity contribution in [3.63, 3.8) is 0 Å². The maximum absolute atomic E-state index is 5.86. The third-order valence-electron chi connectivity index (χ3n) is 4.37. The van der Waals surface area contributed by atoms with Crippen LogP contribution in [0.2, 0.25) is 0 Å². The summed E-state index contributed by atoms with van der Waals surface area (Å²) >= 11 is 0. The second-order valence-electron chi connectivity index (χ2n) is 5.86. The van der Waals surface area contributed by atoms with Gasteiger partial charge in [0.1, 0.15) is 5.75 Å². The van der Waals surface area contributed by atoms with E-state index in [1.165, 1.54) is 22.8 Å². The molecule has 0 heterocycles. The van der Waals surface area contributed by atoms with Gasteiger partial charge in [-0.15, -0.1) is 0 Å². The number of hydrogen-bond donors (Lipinski definition) is 0. The SMILES string of the molecule is C=COc1c(-c2ccccc2)cc(-c2ccccc2)c2ccccc12. The van der Waals surface area contributed by atoms with Gasteiger partial charge in [-0.25, -0.2) is 0 Å². The Bertz CT molecular complexity index is 1020. The third kappa shape index (κ3) is 2.81. The van der Waals surface area contributed by atoms with Gasteiger partial charge in [0.25, 0.3) is 0 Å². The van der Waals surface area contributed by atoms with Crippen molar-refractivity contribution in [2.24, 2.45) is 0 Å². The molecule has 4 aromatic carbocycles. The maximum Gasteiger partial charge on any atom is 0.142 e. The van der Waals surface area contributed by atoms with E-state index < -0.39 is 0 Å². The molecule has 0 amide bonds. The normalized spacial score (nSPS) is 10.6. The van der Waals surface area contributed by atoms with Gasteiger partial charge in [-0.05, 0) is 28.1 Å². The number of rotatable bonds is 4. The van der Waals surface area contributed by atoms with Crippen LogP contribution in [0.15, 0.2) is 104 Å². The first-order valence-corrected chi connectivity index (χ1v) is 8.32. The molecule has 0 N–H and O–H groups in total. The van der Waals surface area contributed by atoms with E-state index in [4.69, 9.17) is 4.74 Å². The minimum Gasteiger partial charge on any atom is -0.464 e. The topological polar surface area (TPSA) is 9.23 Å². The lowest BCUT2D eigenvalue weighted by atomic mass is 9.92. The molecule has 1 nitrogen and oxygen atoms in total.